The molecule has 0 spiro atoms. The van der Waals surface area contributed by atoms with Gasteiger partial charge in [-0.2, -0.15) is 0 Å². The summed E-state index contributed by atoms with van der Waals surface area (Å²) in [5, 5.41) is 0. The van der Waals surface area contributed by atoms with Crippen LogP contribution >= 0.6 is 15.9 Å². The Morgan fingerprint density at radius 3 is 2.47 bits per heavy atom. The summed E-state index contributed by atoms with van der Waals surface area (Å²) in [6, 6.07) is 4.71. The maximum absolute atomic E-state index is 13.7. The second-order valence-electron chi connectivity index (χ2n) is 4.55. The lowest BCUT2D eigenvalue weighted by Gasteiger charge is -2.04. The normalized spacial score (nSPS) is 10.8. The van der Waals surface area contributed by atoms with Crippen LogP contribution in [0.2, 0.25) is 0 Å². The Labute approximate surface area is 119 Å². The number of carbonyl (C=O) groups excluding carboxylic acids is 1. The Kier molecular flexibility index (Phi) is 3.90. The van der Waals surface area contributed by atoms with E-state index in [0.29, 0.717) is 21.4 Å². The number of Topliss-reactive ketones (excluding diaryl/α,β-unsaturated/α-hetero) is 1. The predicted molar refractivity (Wildman–Crippen MR) is 75.1 cm³/mol. The first-order valence-electron chi connectivity index (χ1n) is 5.94. The van der Waals surface area contributed by atoms with Crippen molar-refractivity contribution < 1.29 is 13.6 Å². The van der Waals surface area contributed by atoms with Gasteiger partial charge >= 0.3 is 0 Å². The van der Waals surface area contributed by atoms with Crippen molar-refractivity contribution in [2.45, 2.75) is 27.2 Å². The number of hydrogen-bond donors (Lipinski definition) is 0. The van der Waals surface area contributed by atoms with E-state index in [9.17, 15) is 9.18 Å². The van der Waals surface area contributed by atoms with E-state index in [1.54, 1.807) is 19.1 Å². The van der Waals surface area contributed by atoms with Crippen molar-refractivity contribution in [1.82, 2.24) is 0 Å². The molecular formula is C15H14BrFO2. The molecule has 1 aromatic heterocycles. The number of rotatable bonds is 3. The number of furan rings is 1. The lowest BCUT2D eigenvalue weighted by molar-refractivity contribution is 0.0990. The molecule has 19 heavy (non-hydrogen) atoms. The predicted octanol–water partition coefficient (Wildman–Crippen LogP) is 4.53. The molecule has 0 amide bonds. The standard InChI is InChI=1S/C15H14BrFO2/c1-8-9(2)19-10(3)15(8)14(18)6-11-4-5-12(16)7-13(11)17/h4-5,7H,6H2,1-3H3. The van der Waals surface area contributed by atoms with E-state index in [1.165, 1.54) is 6.07 Å². The van der Waals surface area contributed by atoms with Crippen LogP contribution in [0.5, 0.6) is 0 Å². The van der Waals surface area contributed by atoms with Crippen LogP contribution in [0, 0.1) is 26.6 Å². The van der Waals surface area contributed by atoms with Gasteiger partial charge in [-0.3, -0.25) is 4.79 Å². The molecule has 0 aliphatic rings. The summed E-state index contributed by atoms with van der Waals surface area (Å²) in [5.74, 6) is 0.834. The number of benzene rings is 1. The van der Waals surface area contributed by atoms with Crippen LogP contribution in [0.1, 0.15) is 33.0 Å². The van der Waals surface area contributed by atoms with Crippen LogP contribution < -0.4 is 0 Å². The molecule has 0 bridgehead atoms. The fourth-order valence-electron chi connectivity index (χ4n) is 2.13. The SMILES string of the molecule is Cc1oc(C)c(C(=O)Cc2ccc(Br)cc2F)c1C. The molecule has 0 radical (unpaired) electrons. The first kappa shape index (κ1) is 14.0. The summed E-state index contributed by atoms with van der Waals surface area (Å²) in [5.41, 5.74) is 1.80. The first-order valence-corrected chi connectivity index (χ1v) is 6.73. The van der Waals surface area contributed by atoms with Crippen LogP contribution in [-0.2, 0) is 6.42 Å². The third kappa shape index (κ3) is 2.78. The van der Waals surface area contributed by atoms with E-state index >= 15 is 0 Å². The zero-order chi connectivity index (χ0) is 14.2. The van der Waals surface area contributed by atoms with Gasteiger partial charge in [-0.1, -0.05) is 22.0 Å². The maximum Gasteiger partial charge on any atom is 0.171 e. The van der Waals surface area contributed by atoms with Gasteiger partial charge in [0.1, 0.15) is 17.3 Å². The van der Waals surface area contributed by atoms with Gasteiger partial charge in [0, 0.05) is 16.5 Å². The largest absolute Gasteiger partial charge is 0.466 e. The minimum Gasteiger partial charge on any atom is -0.466 e. The highest BCUT2D eigenvalue weighted by atomic mass is 79.9. The van der Waals surface area contributed by atoms with E-state index in [1.807, 2.05) is 13.8 Å². The second kappa shape index (κ2) is 5.29. The van der Waals surface area contributed by atoms with Crippen molar-refractivity contribution in [3.63, 3.8) is 0 Å². The monoisotopic (exact) mass is 324 g/mol. The van der Waals surface area contributed by atoms with Gasteiger partial charge in [0.15, 0.2) is 5.78 Å². The third-order valence-corrected chi connectivity index (χ3v) is 3.70. The minimum atomic E-state index is -0.377. The highest BCUT2D eigenvalue weighted by molar-refractivity contribution is 9.10. The summed E-state index contributed by atoms with van der Waals surface area (Å²) in [4.78, 5) is 12.3. The lowest BCUT2D eigenvalue weighted by Crippen LogP contribution is -2.07. The highest BCUT2D eigenvalue weighted by Crippen LogP contribution is 2.23. The molecule has 2 rings (SSSR count). The second-order valence-corrected chi connectivity index (χ2v) is 5.47. The van der Waals surface area contributed by atoms with Crippen molar-refractivity contribution in [3.8, 4) is 0 Å². The molecule has 4 heteroatoms. The number of halogens is 2. The van der Waals surface area contributed by atoms with E-state index < -0.39 is 0 Å². The summed E-state index contributed by atoms with van der Waals surface area (Å²) in [7, 11) is 0. The molecule has 2 aromatic rings. The molecule has 1 heterocycles. The molecule has 0 unspecified atom stereocenters. The van der Waals surface area contributed by atoms with Gasteiger partial charge in [-0.25, -0.2) is 4.39 Å². The van der Waals surface area contributed by atoms with Crippen molar-refractivity contribution >= 4 is 21.7 Å². The average molecular weight is 325 g/mol. The molecule has 0 aliphatic carbocycles. The number of aryl methyl sites for hydroxylation is 2. The van der Waals surface area contributed by atoms with Crippen LogP contribution in [0.4, 0.5) is 4.39 Å². The van der Waals surface area contributed by atoms with E-state index in [-0.39, 0.29) is 18.0 Å². The summed E-state index contributed by atoms with van der Waals surface area (Å²) in [6.07, 6.45) is 0.0414. The number of carbonyl (C=O) groups is 1. The average Bonchev–Trinajstić information content (AvgIpc) is 2.57. The van der Waals surface area contributed by atoms with Gasteiger partial charge in [0.05, 0.1) is 5.56 Å². The third-order valence-electron chi connectivity index (χ3n) is 3.21. The Morgan fingerprint density at radius 2 is 1.95 bits per heavy atom. The zero-order valence-electron chi connectivity index (χ0n) is 11.0. The van der Waals surface area contributed by atoms with Crippen LogP contribution in [0.15, 0.2) is 27.1 Å². The molecule has 0 atom stereocenters. The van der Waals surface area contributed by atoms with Crippen molar-refractivity contribution in [2.75, 3.05) is 0 Å². The van der Waals surface area contributed by atoms with Crippen LogP contribution in [-0.4, -0.2) is 5.78 Å². The molecule has 1 aromatic carbocycles. The fourth-order valence-corrected chi connectivity index (χ4v) is 2.46. The van der Waals surface area contributed by atoms with Gasteiger partial charge in [0.25, 0.3) is 0 Å². The Hall–Kier alpha value is -1.42. The van der Waals surface area contributed by atoms with Gasteiger partial charge < -0.3 is 4.42 Å². The molecule has 0 aliphatic heterocycles. The molecular weight excluding hydrogens is 311 g/mol. The Morgan fingerprint density at radius 1 is 1.26 bits per heavy atom. The lowest BCUT2D eigenvalue weighted by atomic mass is 9.99. The first-order chi connectivity index (χ1) is 8.90. The summed E-state index contributed by atoms with van der Waals surface area (Å²) in [6.45, 7) is 5.42. The Bertz CT molecular complexity index is 644. The Balaban J connectivity index is 2.31. The molecule has 0 saturated heterocycles. The zero-order valence-corrected chi connectivity index (χ0v) is 12.6. The summed E-state index contributed by atoms with van der Waals surface area (Å²) >= 11 is 3.19. The van der Waals surface area contributed by atoms with Gasteiger partial charge in [-0.05, 0) is 38.5 Å². The van der Waals surface area contributed by atoms with Gasteiger partial charge in [0.2, 0.25) is 0 Å². The van der Waals surface area contributed by atoms with Crippen molar-refractivity contribution in [2.24, 2.45) is 0 Å². The van der Waals surface area contributed by atoms with Crippen molar-refractivity contribution in [1.29, 1.82) is 0 Å². The van der Waals surface area contributed by atoms with E-state index in [0.717, 1.165) is 11.3 Å². The van der Waals surface area contributed by atoms with Crippen LogP contribution in [0.25, 0.3) is 0 Å². The fraction of sp³-hybridized carbons (Fsp3) is 0.267. The number of ketones is 1. The molecule has 0 fully saturated rings. The molecule has 0 saturated carbocycles. The van der Waals surface area contributed by atoms with Crippen molar-refractivity contribution in [3.05, 3.63) is 56.7 Å². The van der Waals surface area contributed by atoms with E-state index in [4.69, 9.17) is 4.42 Å². The minimum absolute atomic E-state index is 0.0414. The smallest absolute Gasteiger partial charge is 0.171 e. The maximum atomic E-state index is 13.7. The van der Waals surface area contributed by atoms with Gasteiger partial charge in [-0.15, -0.1) is 0 Å². The molecule has 0 N–H and O–H groups in total. The topological polar surface area (TPSA) is 30.2 Å². The summed E-state index contributed by atoms with van der Waals surface area (Å²) < 4.78 is 19.8. The van der Waals surface area contributed by atoms with Crippen LogP contribution in [0.3, 0.4) is 0 Å². The highest BCUT2D eigenvalue weighted by Gasteiger charge is 2.19. The quantitative estimate of drug-likeness (QED) is 0.776. The number of hydrogen-bond acceptors (Lipinski definition) is 2. The molecule has 2 nitrogen and oxygen atoms in total. The van der Waals surface area contributed by atoms with E-state index in [2.05, 4.69) is 15.9 Å². The molecule has 100 valence electrons.